The van der Waals surface area contributed by atoms with Gasteiger partial charge in [0.05, 0.1) is 17.9 Å². The van der Waals surface area contributed by atoms with Crippen molar-refractivity contribution in [2.24, 2.45) is 0 Å². The number of esters is 1. The van der Waals surface area contributed by atoms with Gasteiger partial charge in [0.25, 0.3) is 5.91 Å². The van der Waals surface area contributed by atoms with E-state index in [1.807, 2.05) is 54.6 Å². The molecule has 2 aromatic rings. The van der Waals surface area contributed by atoms with Crippen molar-refractivity contribution in [3.63, 3.8) is 0 Å². The molecule has 0 aromatic heterocycles. The standard InChI is InChI=1S/C22H21NO4S2/c1-2-26-20(24)11-12-23-21(25)19(29-22(23)28)14-17-9-6-10-18(13-17)27-15-16-7-4-3-5-8-16/h3-10,13-14H,2,11-12,15H2,1H3/b19-14-. The lowest BCUT2D eigenvalue weighted by atomic mass is 10.2. The SMILES string of the molecule is CCOC(=O)CCN1C(=O)/C(=C/c2cccc(OCc3ccccc3)c2)SC1=S. The fourth-order valence-corrected chi connectivity index (χ4v) is 4.02. The summed E-state index contributed by atoms with van der Waals surface area (Å²) in [7, 11) is 0. The van der Waals surface area contributed by atoms with Gasteiger partial charge >= 0.3 is 5.97 Å². The van der Waals surface area contributed by atoms with Crippen molar-refractivity contribution in [2.45, 2.75) is 20.0 Å². The highest BCUT2D eigenvalue weighted by molar-refractivity contribution is 8.26. The van der Waals surface area contributed by atoms with E-state index in [0.717, 1.165) is 16.9 Å². The quantitative estimate of drug-likeness (QED) is 0.353. The molecule has 0 unspecified atom stereocenters. The van der Waals surface area contributed by atoms with Gasteiger partial charge < -0.3 is 9.47 Å². The Balaban J connectivity index is 1.64. The van der Waals surface area contributed by atoms with Gasteiger partial charge in [-0.25, -0.2) is 0 Å². The van der Waals surface area contributed by atoms with Crippen LogP contribution in [0.4, 0.5) is 0 Å². The summed E-state index contributed by atoms with van der Waals surface area (Å²) >= 11 is 6.53. The second-order valence-electron chi connectivity index (χ2n) is 6.24. The van der Waals surface area contributed by atoms with Crippen LogP contribution in [0, 0.1) is 0 Å². The second-order valence-corrected chi connectivity index (χ2v) is 7.91. The van der Waals surface area contributed by atoms with Crippen molar-refractivity contribution in [1.29, 1.82) is 0 Å². The van der Waals surface area contributed by atoms with Crippen molar-refractivity contribution in [1.82, 2.24) is 4.90 Å². The van der Waals surface area contributed by atoms with Crippen molar-refractivity contribution < 1.29 is 19.1 Å². The average Bonchev–Trinajstić information content (AvgIpc) is 2.99. The van der Waals surface area contributed by atoms with E-state index in [9.17, 15) is 9.59 Å². The first-order valence-corrected chi connectivity index (χ1v) is 10.5. The van der Waals surface area contributed by atoms with Crippen molar-refractivity contribution in [2.75, 3.05) is 13.2 Å². The highest BCUT2D eigenvalue weighted by atomic mass is 32.2. The summed E-state index contributed by atoms with van der Waals surface area (Å²) in [5.41, 5.74) is 1.93. The smallest absolute Gasteiger partial charge is 0.307 e. The van der Waals surface area contributed by atoms with E-state index in [1.54, 1.807) is 13.0 Å². The van der Waals surface area contributed by atoms with Crippen molar-refractivity contribution in [3.8, 4) is 5.75 Å². The van der Waals surface area contributed by atoms with E-state index < -0.39 is 0 Å². The molecule has 1 fully saturated rings. The Labute approximate surface area is 179 Å². The van der Waals surface area contributed by atoms with Gasteiger partial charge in [0, 0.05) is 6.54 Å². The highest BCUT2D eigenvalue weighted by Gasteiger charge is 2.32. The minimum Gasteiger partial charge on any atom is -0.489 e. The maximum absolute atomic E-state index is 12.7. The first-order chi connectivity index (χ1) is 14.1. The van der Waals surface area contributed by atoms with Gasteiger partial charge in [-0.15, -0.1) is 0 Å². The van der Waals surface area contributed by atoms with Crippen molar-refractivity contribution in [3.05, 3.63) is 70.6 Å². The number of hydrogen-bond donors (Lipinski definition) is 0. The Morgan fingerprint density at radius 2 is 1.97 bits per heavy atom. The van der Waals surface area contributed by atoms with E-state index in [1.165, 1.54) is 16.7 Å². The molecule has 1 saturated heterocycles. The van der Waals surface area contributed by atoms with Gasteiger partial charge in [0.2, 0.25) is 0 Å². The molecule has 0 N–H and O–H groups in total. The molecule has 3 rings (SSSR count). The summed E-state index contributed by atoms with van der Waals surface area (Å²) in [5.74, 6) is 0.189. The topological polar surface area (TPSA) is 55.8 Å². The lowest BCUT2D eigenvalue weighted by molar-refractivity contribution is -0.143. The molecule has 5 nitrogen and oxygen atoms in total. The fourth-order valence-electron chi connectivity index (χ4n) is 2.72. The first-order valence-electron chi connectivity index (χ1n) is 9.24. The van der Waals surface area contributed by atoms with Crippen LogP contribution in [0.1, 0.15) is 24.5 Å². The largest absolute Gasteiger partial charge is 0.489 e. The van der Waals surface area contributed by atoms with E-state index >= 15 is 0 Å². The number of hydrogen-bond acceptors (Lipinski definition) is 6. The zero-order valence-electron chi connectivity index (χ0n) is 16.0. The predicted molar refractivity (Wildman–Crippen MR) is 118 cm³/mol. The highest BCUT2D eigenvalue weighted by Crippen LogP contribution is 2.33. The van der Waals surface area contributed by atoms with Crippen LogP contribution in [0.15, 0.2) is 59.5 Å². The number of carbonyl (C=O) groups is 2. The zero-order chi connectivity index (χ0) is 20.6. The van der Waals surface area contributed by atoms with E-state index in [4.69, 9.17) is 21.7 Å². The van der Waals surface area contributed by atoms with Gasteiger partial charge in [0.1, 0.15) is 16.7 Å². The second kappa shape index (κ2) is 10.2. The first kappa shape index (κ1) is 21.1. The average molecular weight is 428 g/mol. The number of benzene rings is 2. The summed E-state index contributed by atoms with van der Waals surface area (Å²) in [5, 5.41) is 0. The molecule has 0 radical (unpaired) electrons. The number of amides is 1. The molecule has 0 saturated carbocycles. The van der Waals surface area contributed by atoms with Crippen LogP contribution in [0.25, 0.3) is 6.08 Å². The number of thioether (sulfide) groups is 1. The summed E-state index contributed by atoms with van der Waals surface area (Å²) in [6.07, 6.45) is 1.91. The summed E-state index contributed by atoms with van der Waals surface area (Å²) < 4.78 is 11.2. The summed E-state index contributed by atoms with van der Waals surface area (Å²) in [6, 6.07) is 17.5. The molecule has 7 heteroatoms. The Morgan fingerprint density at radius 1 is 1.17 bits per heavy atom. The molecule has 29 heavy (non-hydrogen) atoms. The van der Waals surface area contributed by atoms with Gasteiger partial charge in [0.15, 0.2) is 0 Å². The van der Waals surface area contributed by atoms with Crippen LogP contribution in [-0.4, -0.2) is 34.2 Å². The molecule has 150 valence electrons. The molecule has 1 heterocycles. The van der Waals surface area contributed by atoms with Crippen LogP contribution in [0.5, 0.6) is 5.75 Å². The third-order valence-electron chi connectivity index (χ3n) is 4.12. The molecule has 0 atom stereocenters. The number of carbonyl (C=O) groups excluding carboxylic acids is 2. The summed E-state index contributed by atoms with van der Waals surface area (Å²) in [4.78, 5) is 26.2. The van der Waals surface area contributed by atoms with E-state index in [2.05, 4.69) is 0 Å². The Hall–Kier alpha value is -2.64. The predicted octanol–water partition coefficient (Wildman–Crippen LogP) is 4.42. The molecule has 1 amide bonds. The van der Waals surface area contributed by atoms with Gasteiger partial charge in [-0.2, -0.15) is 0 Å². The fraction of sp³-hybridized carbons (Fsp3) is 0.227. The number of ether oxygens (including phenoxy) is 2. The van der Waals surface area contributed by atoms with Gasteiger partial charge in [-0.05, 0) is 36.3 Å². The maximum atomic E-state index is 12.7. The van der Waals surface area contributed by atoms with Crippen LogP contribution >= 0.6 is 24.0 Å². The molecular weight excluding hydrogens is 406 g/mol. The van der Waals surface area contributed by atoms with Crippen LogP contribution < -0.4 is 4.74 Å². The Kier molecular flexibility index (Phi) is 7.43. The number of rotatable bonds is 8. The normalized spacial score (nSPS) is 15.1. The van der Waals surface area contributed by atoms with E-state index in [-0.39, 0.29) is 24.8 Å². The van der Waals surface area contributed by atoms with Gasteiger partial charge in [-0.3, -0.25) is 14.5 Å². The summed E-state index contributed by atoms with van der Waals surface area (Å²) in [6.45, 7) is 2.76. The molecule has 1 aliphatic rings. The molecular formula is C22H21NO4S2. The zero-order valence-corrected chi connectivity index (χ0v) is 17.6. The van der Waals surface area contributed by atoms with Crippen LogP contribution in [0.3, 0.4) is 0 Å². The minimum absolute atomic E-state index is 0.121. The maximum Gasteiger partial charge on any atom is 0.307 e. The van der Waals surface area contributed by atoms with E-state index in [0.29, 0.717) is 22.4 Å². The minimum atomic E-state index is -0.339. The molecule has 0 bridgehead atoms. The van der Waals surface area contributed by atoms with Gasteiger partial charge in [-0.1, -0.05) is 66.4 Å². The van der Waals surface area contributed by atoms with Crippen LogP contribution in [-0.2, 0) is 20.9 Å². The third kappa shape index (κ3) is 5.92. The van der Waals surface area contributed by atoms with Crippen LogP contribution in [0.2, 0.25) is 0 Å². The third-order valence-corrected chi connectivity index (χ3v) is 5.50. The molecule has 1 aliphatic heterocycles. The monoisotopic (exact) mass is 427 g/mol. The lowest BCUT2D eigenvalue weighted by Crippen LogP contribution is -2.30. The number of nitrogens with zero attached hydrogens (tertiary/aromatic N) is 1. The van der Waals surface area contributed by atoms with Crippen molar-refractivity contribution >= 4 is 46.3 Å². The lowest BCUT2D eigenvalue weighted by Gasteiger charge is -2.13. The Morgan fingerprint density at radius 3 is 2.72 bits per heavy atom. The molecule has 0 aliphatic carbocycles. The molecule has 2 aromatic carbocycles. The number of thiocarbonyl (C=S) groups is 1. The Bertz CT molecular complexity index is 927. The molecule has 0 spiro atoms.